The Bertz CT molecular complexity index is 413. The quantitative estimate of drug-likeness (QED) is 0.778. The average molecular weight is 247 g/mol. The molecule has 3 nitrogen and oxygen atoms in total. The van der Waals surface area contributed by atoms with Crippen LogP contribution in [0.1, 0.15) is 30.9 Å². The molecule has 3 heteroatoms. The summed E-state index contributed by atoms with van der Waals surface area (Å²) in [5.74, 6) is 0.872. The van der Waals surface area contributed by atoms with Crippen LogP contribution in [0.2, 0.25) is 0 Å². The number of benzene rings is 1. The van der Waals surface area contributed by atoms with Gasteiger partial charge in [0.05, 0.1) is 6.42 Å². The van der Waals surface area contributed by atoms with E-state index in [4.69, 9.17) is 5.11 Å². The highest BCUT2D eigenvalue weighted by molar-refractivity contribution is 5.70. The van der Waals surface area contributed by atoms with Gasteiger partial charge in [0.15, 0.2) is 0 Å². The zero-order valence-electron chi connectivity index (χ0n) is 10.9. The number of hydrogen-bond acceptors (Lipinski definition) is 2. The lowest BCUT2D eigenvalue weighted by molar-refractivity contribution is -0.136. The van der Waals surface area contributed by atoms with E-state index in [1.54, 1.807) is 0 Å². The van der Waals surface area contributed by atoms with Crippen LogP contribution in [-0.4, -0.2) is 17.6 Å². The fourth-order valence-electron chi connectivity index (χ4n) is 2.33. The van der Waals surface area contributed by atoms with Gasteiger partial charge in [-0.1, -0.05) is 31.2 Å². The van der Waals surface area contributed by atoms with Crippen molar-refractivity contribution >= 4 is 5.97 Å². The molecule has 2 rings (SSSR count). The molecule has 1 fully saturated rings. The minimum Gasteiger partial charge on any atom is -0.481 e. The van der Waals surface area contributed by atoms with Gasteiger partial charge in [-0.15, -0.1) is 0 Å². The van der Waals surface area contributed by atoms with Crippen LogP contribution in [0.5, 0.6) is 0 Å². The first-order chi connectivity index (χ1) is 8.66. The van der Waals surface area contributed by atoms with Crippen LogP contribution >= 0.6 is 0 Å². The molecule has 1 saturated carbocycles. The number of hydrogen-bond donors (Lipinski definition) is 2. The van der Waals surface area contributed by atoms with Gasteiger partial charge in [-0.2, -0.15) is 0 Å². The predicted molar refractivity (Wildman–Crippen MR) is 71.4 cm³/mol. The molecule has 0 spiro atoms. The normalized spacial score (nSPS) is 16.5. The monoisotopic (exact) mass is 247 g/mol. The van der Waals surface area contributed by atoms with E-state index in [1.165, 1.54) is 12.8 Å². The second-order valence-corrected chi connectivity index (χ2v) is 5.28. The maximum atomic E-state index is 10.8. The Morgan fingerprint density at radius 1 is 1.39 bits per heavy atom. The fourth-order valence-corrected chi connectivity index (χ4v) is 2.33. The molecule has 18 heavy (non-hydrogen) atoms. The van der Waals surface area contributed by atoms with Crippen LogP contribution in [0.4, 0.5) is 0 Å². The van der Waals surface area contributed by atoms with E-state index in [9.17, 15) is 4.79 Å². The molecule has 1 aliphatic rings. The van der Waals surface area contributed by atoms with Gasteiger partial charge >= 0.3 is 5.97 Å². The number of nitrogens with one attached hydrogen (secondary N) is 1. The highest BCUT2D eigenvalue weighted by atomic mass is 16.4. The van der Waals surface area contributed by atoms with Gasteiger partial charge in [0, 0.05) is 6.54 Å². The zero-order chi connectivity index (χ0) is 13.0. The third kappa shape index (κ3) is 3.84. The maximum Gasteiger partial charge on any atom is 0.307 e. The van der Waals surface area contributed by atoms with Crippen molar-refractivity contribution in [2.45, 2.75) is 32.7 Å². The third-order valence-electron chi connectivity index (χ3n) is 3.67. The lowest BCUT2D eigenvalue weighted by atomic mass is 10.0. The van der Waals surface area contributed by atoms with Gasteiger partial charge in [0.25, 0.3) is 0 Å². The Hall–Kier alpha value is -1.35. The fraction of sp³-hybridized carbons (Fsp3) is 0.533. The molecule has 0 aromatic heterocycles. The summed E-state index contributed by atoms with van der Waals surface area (Å²) >= 11 is 0. The molecule has 1 aromatic rings. The summed E-state index contributed by atoms with van der Waals surface area (Å²) in [5, 5.41) is 12.3. The van der Waals surface area contributed by atoms with Crippen molar-refractivity contribution in [3.05, 3.63) is 35.4 Å². The first kappa shape index (κ1) is 13.1. The third-order valence-corrected chi connectivity index (χ3v) is 3.67. The van der Waals surface area contributed by atoms with Gasteiger partial charge in [-0.05, 0) is 42.3 Å². The highest BCUT2D eigenvalue weighted by Crippen LogP contribution is 2.36. The highest BCUT2D eigenvalue weighted by Gasteiger charge is 2.27. The van der Waals surface area contributed by atoms with Gasteiger partial charge in [0.2, 0.25) is 0 Å². The van der Waals surface area contributed by atoms with E-state index >= 15 is 0 Å². The summed E-state index contributed by atoms with van der Waals surface area (Å²) in [4.78, 5) is 10.8. The molecule has 0 aliphatic heterocycles. The van der Waals surface area contributed by atoms with Gasteiger partial charge in [0.1, 0.15) is 0 Å². The van der Waals surface area contributed by atoms with E-state index in [0.717, 1.165) is 36.1 Å². The van der Waals surface area contributed by atoms with Crippen LogP contribution in [-0.2, 0) is 17.8 Å². The molecule has 1 aromatic carbocycles. The summed E-state index contributed by atoms with van der Waals surface area (Å²) in [6.45, 7) is 4.07. The molecule has 1 aliphatic carbocycles. The summed E-state index contributed by atoms with van der Waals surface area (Å²) in [5.41, 5.74) is 2.01. The first-order valence-corrected chi connectivity index (χ1v) is 6.66. The Morgan fingerprint density at radius 2 is 2.06 bits per heavy atom. The van der Waals surface area contributed by atoms with Crippen LogP contribution in [0.25, 0.3) is 0 Å². The minimum atomic E-state index is -0.770. The van der Waals surface area contributed by atoms with E-state index in [-0.39, 0.29) is 6.42 Å². The number of carboxylic acid groups (broad SMARTS) is 1. The van der Waals surface area contributed by atoms with Crippen molar-refractivity contribution in [2.24, 2.45) is 11.8 Å². The van der Waals surface area contributed by atoms with E-state index < -0.39 is 5.97 Å². The Balaban J connectivity index is 1.85. The zero-order valence-corrected chi connectivity index (χ0v) is 10.9. The predicted octanol–water partition coefficient (Wildman–Crippen LogP) is 2.45. The lowest BCUT2D eigenvalue weighted by Gasteiger charge is -2.13. The van der Waals surface area contributed by atoms with Crippen molar-refractivity contribution in [2.75, 3.05) is 6.54 Å². The largest absolute Gasteiger partial charge is 0.481 e. The second-order valence-electron chi connectivity index (χ2n) is 5.28. The summed E-state index contributed by atoms with van der Waals surface area (Å²) < 4.78 is 0. The maximum absolute atomic E-state index is 10.8. The van der Waals surface area contributed by atoms with Crippen molar-refractivity contribution in [1.29, 1.82) is 0 Å². The van der Waals surface area contributed by atoms with Crippen molar-refractivity contribution in [3.63, 3.8) is 0 Å². The van der Waals surface area contributed by atoms with Crippen LogP contribution < -0.4 is 5.32 Å². The number of rotatable bonds is 7. The molecule has 0 heterocycles. The minimum absolute atomic E-state index is 0.107. The summed E-state index contributed by atoms with van der Waals surface area (Å²) in [6, 6.07) is 7.77. The SMILES string of the molecule is CC(CNCc1ccccc1CC(=O)O)C1CC1. The van der Waals surface area contributed by atoms with Crippen LogP contribution in [0.15, 0.2) is 24.3 Å². The van der Waals surface area contributed by atoms with Crippen molar-refractivity contribution < 1.29 is 9.90 Å². The lowest BCUT2D eigenvalue weighted by Crippen LogP contribution is -2.22. The number of aliphatic carboxylic acids is 1. The van der Waals surface area contributed by atoms with E-state index in [1.807, 2.05) is 24.3 Å². The van der Waals surface area contributed by atoms with E-state index in [0.29, 0.717) is 0 Å². The molecular formula is C15H21NO2. The van der Waals surface area contributed by atoms with Crippen molar-refractivity contribution in [1.82, 2.24) is 5.32 Å². The second kappa shape index (κ2) is 6.01. The molecule has 0 saturated heterocycles. The molecule has 0 radical (unpaired) electrons. The number of carboxylic acids is 1. The molecular weight excluding hydrogens is 226 g/mol. The van der Waals surface area contributed by atoms with Gasteiger partial charge in [-0.3, -0.25) is 4.79 Å². The number of carbonyl (C=O) groups is 1. The van der Waals surface area contributed by atoms with Crippen LogP contribution in [0, 0.1) is 11.8 Å². The van der Waals surface area contributed by atoms with E-state index in [2.05, 4.69) is 12.2 Å². The van der Waals surface area contributed by atoms with Crippen LogP contribution in [0.3, 0.4) is 0 Å². The summed E-state index contributed by atoms with van der Waals surface area (Å²) in [7, 11) is 0. The smallest absolute Gasteiger partial charge is 0.307 e. The first-order valence-electron chi connectivity index (χ1n) is 6.66. The Kier molecular flexibility index (Phi) is 4.37. The Labute approximate surface area is 108 Å². The average Bonchev–Trinajstić information content (AvgIpc) is 3.14. The Morgan fingerprint density at radius 3 is 2.67 bits per heavy atom. The molecule has 1 unspecified atom stereocenters. The molecule has 98 valence electrons. The van der Waals surface area contributed by atoms with Gasteiger partial charge in [-0.25, -0.2) is 0 Å². The topological polar surface area (TPSA) is 49.3 Å². The van der Waals surface area contributed by atoms with Gasteiger partial charge < -0.3 is 10.4 Å². The standard InChI is InChI=1S/C15H21NO2/c1-11(12-6-7-12)9-16-10-14-5-3-2-4-13(14)8-15(17)18/h2-5,11-12,16H,6-10H2,1H3,(H,17,18). The molecule has 1 atom stereocenters. The van der Waals surface area contributed by atoms with Crippen molar-refractivity contribution in [3.8, 4) is 0 Å². The molecule has 2 N–H and O–H groups in total. The summed E-state index contributed by atoms with van der Waals surface area (Å²) in [6.07, 6.45) is 2.85. The molecule has 0 amide bonds. The molecule has 0 bridgehead atoms.